The first-order valence-corrected chi connectivity index (χ1v) is 9.83. The highest BCUT2D eigenvalue weighted by molar-refractivity contribution is 9.10. The lowest BCUT2D eigenvalue weighted by atomic mass is 9.76. The van der Waals surface area contributed by atoms with Gasteiger partial charge in [-0.2, -0.15) is 0 Å². The average molecular weight is 453 g/mol. The van der Waals surface area contributed by atoms with E-state index in [2.05, 4.69) is 15.9 Å². The van der Waals surface area contributed by atoms with Crippen molar-refractivity contribution in [1.82, 2.24) is 0 Å². The molecule has 3 aromatic carbocycles. The smallest absolute Gasteiger partial charge is 0.275 e. The number of nitrogens with zero attached hydrogens (tertiary/aromatic N) is 2. The van der Waals surface area contributed by atoms with Crippen molar-refractivity contribution in [2.75, 3.05) is 4.90 Å². The van der Waals surface area contributed by atoms with Crippen LogP contribution in [0.25, 0.3) is 0 Å². The molecule has 4 rings (SSSR count). The van der Waals surface area contributed by atoms with Gasteiger partial charge < -0.3 is 10.0 Å². The molecular formula is C22H17BrN2O4. The molecule has 1 amide bonds. The second-order valence-electron chi connectivity index (χ2n) is 6.83. The van der Waals surface area contributed by atoms with Crippen LogP contribution in [0.15, 0.2) is 83.3 Å². The lowest BCUT2D eigenvalue weighted by molar-refractivity contribution is -0.386. The van der Waals surface area contributed by atoms with Crippen LogP contribution in [0, 0.1) is 16.0 Å². The third-order valence-electron chi connectivity index (χ3n) is 5.18. The number of amides is 1. The van der Waals surface area contributed by atoms with E-state index >= 15 is 0 Å². The van der Waals surface area contributed by atoms with Gasteiger partial charge in [0.15, 0.2) is 0 Å². The van der Waals surface area contributed by atoms with Crippen LogP contribution in [0.2, 0.25) is 0 Å². The summed E-state index contributed by atoms with van der Waals surface area (Å²) in [6.45, 7) is 0. The molecule has 146 valence electrons. The molecule has 1 N–H and O–H groups in total. The van der Waals surface area contributed by atoms with E-state index in [1.807, 2.05) is 54.6 Å². The number of carbonyl (C=O) groups is 1. The van der Waals surface area contributed by atoms with Gasteiger partial charge in [0.2, 0.25) is 5.91 Å². The largest absolute Gasteiger partial charge is 0.387 e. The monoisotopic (exact) mass is 452 g/mol. The Morgan fingerprint density at radius 3 is 2.24 bits per heavy atom. The summed E-state index contributed by atoms with van der Waals surface area (Å²) >= 11 is 3.39. The van der Waals surface area contributed by atoms with Crippen molar-refractivity contribution < 1.29 is 14.8 Å². The molecule has 1 heterocycles. The average Bonchev–Trinajstić information content (AvgIpc) is 2.74. The number of para-hydroxylation sites is 1. The SMILES string of the molecule is O=C1C(C(O)c2ccccc2[N+](=O)[O-])C(c2ccccc2)N1c1ccc(Br)cc1. The Hall–Kier alpha value is -3.03. The number of carbonyl (C=O) groups excluding carboxylic acids is 1. The van der Waals surface area contributed by atoms with Crippen LogP contribution in [0.1, 0.15) is 23.3 Å². The molecule has 6 nitrogen and oxygen atoms in total. The molecule has 1 aliphatic rings. The Bertz CT molecular complexity index is 1060. The van der Waals surface area contributed by atoms with Gasteiger partial charge in [-0.1, -0.05) is 58.4 Å². The lowest BCUT2D eigenvalue weighted by Crippen LogP contribution is -2.57. The van der Waals surface area contributed by atoms with Gasteiger partial charge in [-0.25, -0.2) is 0 Å². The zero-order chi connectivity index (χ0) is 20.5. The number of β-lactam (4-membered cyclic amide) rings is 1. The van der Waals surface area contributed by atoms with E-state index in [9.17, 15) is 20.0 Å². The second kappa shape index (κ2) is 7.77. The highest BCUT2D eigenvalue weighted by atomic mass is 79.9. The van der Waals surface area contributed by atoms with Gasteiger partial charge >= 0.3 is 0 Å². The summed E-state index contributed by atoms with van der Waals surface area (Å²) in [5.41, 5.74) is 1.52. The molecule has 0 radical (unpaired) electrons. The molecular weight excluding hydrogens is 436 g/mol. The van der Waals surface area contributed by atoms with Gasteiger partial charge in [-0.3, -0.25) is 14.9 Å². The lowest BCUT2D eigenvalue weighted by Gasteiger charge is -2.49. The van der Waals surface area contributed by atoms with Crippen molar-refractivity contribution in [2.24, 2.45) is 5.92 Å². The first-order valence-electron chi connectivity index (χ1n) is 9.04. The topological polar surface area (TPSA) is 83.7 Å². The zero-order valence-electron chi connectivity index (χ0n) is 15.2. The van der Waals surface area contributed by atoms with Crippen molar-refractivity contribution in [2.45, 2.75) is 12.1 Å². The van der Waals surface area contributed by atoms with Gasteiger partial charge in [0.05, 0.1) is 28.6 Å². The van der Waals surface area contributed by atoms with E-state index in [4.69, 9.17) is 0 Å². The number of benzene rings is 3. The molecule has 0 bridgehead atoms. The molecule has 7 heteroatoms. The van der Waals surface area contributed by atoms with Crippen molar-refractivity contribution in [1.29, 1.82) is 0 Å². The number of halogens is 1. The first-order chi connectivity index (χ1) is 14.0. The fraction of sp³-hybridized carbons (Fsp3) is 0.136. The first kappa shape index (κ1) is 19.3. The number of anilines is 1. The molecule has 3 atom stereocenters. The van der Waals surface area contributed by atoms with Gasteiger partial charge in [0.1, 0.15) is 0 Å². The molecule has 0 aromatic heterocycles. The van der Waals surface area contributed by atoms with E-state index in [-0.39, 0.29) is 17.2 Å². The Kier molecular flexibility index (Phi) is 5.17. The van der Waals surface area contributed by atoms with Crippen molar-refractivity contribution in [3.63, 3.8) is 0 Å². The number of hydrogen-bond donors (Lipinski definition) is 1. The van der Waals surface area contributed by atoms with E-state index in [1.165, 1.54) is 12.1 Å². The van der Waals surface area contributed by atoms with Crippen molar-refractivity contribution in [3.05, 3.63) is 105 Å². The fourth-order valence-corrected chi connectivity index (χ4v) is 4.08. The number of nitro groups is 1. The zero-order valence-corrected chi connectivity index (χ0v) is 16.8. The normalized spacial score (nSPS) is 19.5. The van der Waals surface area contributed by atoms with Gasteiger partial charge in [0.25, 0.3) is 5.69 Å². The predicted octanol–water partition coefficient (Wildman–Crippen LogP) is 4.80. The second-order valence-corrected chi connectivity index (χ2v) is 7.74. The highest BCUT2D eigenvalue weighted by Gasteiger charge is 2.53. The minimum atomic E-state index is -1.29. The maximum atomic E-state index is 13.1. The van der Waals surface area contributed by atoms with Gasteiger partial charge in [-0.15, -0.1) is 0 Å². The summed E-state index contributed by atoms with van der Waals surface area (Å²) < 4.78 is 0.891. The molecule has 1 aliphatic heterocycles. The van der Waals surface area contributed by atoms with E-state index in [1.54, 1.807) is 17.0 Å². The summed E-state index contributed by atoms with van der Waals surface area (Å²) in [6.07, 6.45) is -1.29. The van der Waals surface area contributed by atoms with Crippen molar-refractivity contribution in [3.8, 4) is 0 Å². The quantitative estimate of drug-likeness (QED) is 0.342. The van der Waals surface area contributed by atoms with Crippen LogP contribution in [0.4, 0.5) is 11.4 Å². The summed E-state index contributed by atoms with van der Waals surface area (Å²) in [6, 6.07) is 22.3. The molecule has 0 spiro atoms. The molecule has 0 saturated carbocycles. The summed E-state index contributed by atoms with van der Waals surface area (Å²) in [4.78, 5) is 25.6. The Labute approximate surface area is 175 Å². The van der Waals surface area contributed by atoms with Crippen LogP contribution < -0.4 is 4.90 Å². The minimum Gasteiger partial charge on any atom is -0.387 e. The maximum Gasteiger partial charge on any atom is 0.275 e. The van der Waals surface area contributed by atoms with Crippen LogP contribution in [-0.2, 0) is 4.79 Å². The van der Waals surface area contributed by atoms with Crippen LogP contribution in [0.5, 0.6) is 0 Å². The summed E-state index contributed by atoms with van der Waals surface area (Å²) in [5, 5.41) is 22.4. The standard InChI is InChI=1S/C22H17BrN2O4/c23-15-10-12-16(13-11-15)24-20(14-6-2-1-3-7-14)19(22(24)27)21(26)17-8-4-5-9-18(17)25(28)29/h1-13,19-21,26H. The highest BCUT2D eigenvalue weighted by Crippen LogP contribution is 2.49. The van der Waals surface area contributed by atoms with E-state index < -0.39 is 23.0 Å². The number of aliphatic hydroxyl groups is 1. The third kappa shape index (κ3) is 3.43. The summed E-state index contributed by atoms with van der Waals surface area (Å²) in [7, 11) is 0. The predicted molar refractivity (Wildman–Crippen MR) is 112 cm³/mol. The van der Waals surface area contributed by atoms with Crippen LogP contribution in [-0.4, -0.2) is 15.9 Å². The molecule has 0 aliphatic carbocycles. The molecule has 29 heavy (non-hydrogen) atoms. The molecule has 1 fully saturated rings. The minimum absolute atomic E-state index is 0.146. The molecule has 3 aromatic rings. The van der Waals surface area contributed by atoms with Crippen LogP contribution >= 0.6 is 15.9 Å². The number of nitro benzene ring substituents is 1. The van der Waals surface area contributed by atoms with E-state index in [0.29, 0.717) is 5.69 Å². The Morgan fingerprint density at radius 2 is 1.59 bits per heavy atom. The number of hydrogen-bond acceptors (Lipinski definition) is 4. The molecule has 3 unspecified atom stereocenters. The fourth-order valence-electron chi connectivity index (χ4n) is 3.81. The van der Waals surface area contributed by atoms with Crippen molar-refractivity contribution >= 4 is 33.2 Å². The number of aliphatic hydroxyl groups excluding tert-OH is 1. The van der Waals surface area contributed by atoms with Crippen LogP contribution in [0.3, 0.4) is 0 Å². The Balaban J connectivity index is 1.76. The van der Waals surface area contributed by atoms with E-state index in [0.717, 1.165) is 10.0 Å². The van der Waals surface area contributed by atoms with Gasteiger partial charge in [-0.05, 0) is 35.9 Å². The Morgan fingerprint density at radius 1 is 0.966 bits per heavy atom. The molecule has 1 saturated heterocycles. The third-order valence-corrected chi connectivity index (χ3v) is 5.71. The number of rotatable bonds is 5. The maximum absolute atomic E-state index is 13.1. The summed E-state index contributed by atoms with van der Waals surface area (Å²) in [5.74, 6) is -1.09. The van der Waals surface area contributed by atoms with Gasteiger partial charge in [0, 0.05) is 16.2 Å².